The Morgan fingerprint density at radius 3 is 2.51 bits per heavy atom. The lowest BCUT2D eigenvalue weighted by Crippen LogP contribution is -2.29. The van der Waals surface area contributed by atoms with Gasteiger partial charge in [0.25, 0.3) is 11.7 Å². The van der Waals surface area contributed by atoms with Crippen molar-refractivity contribution in [1.29, 1.82) is 0 Å². The number of amides is 1. The topological polar surface area (TPSA) is 89.0 Å². The molecule has 0 radical (unpaired) electrons. The zero-order valence-electron chi connectivity index (χ0n) is 21.0. The van der Waals surface area contributed by atoms with Crippen LogP contribution in [-0.4, -0.2) is 39.9 Å². The average Bonchev–Trinajstić information content (AvgIpc) is 3.16. The number of ketones is 1. The number of hydrogen-bond acceptors (Lipinski definition) is 6. The summed E-state index contributed by atoms with van der Waals surface area (Å²) in [7, 11) is 0. The van der Waals surface area contributed by atoms with Crippen LogP contribution < -0.4 is 9.47 Å². The van der Waals surface area contributed by atoms with Crippen molar-refractivity contribution in [3.63, 3.8) is 0 Å². The van der Waals surface area contributed by atoms with E-state index >= 15 is 0 Å². The van der Waals surface area contributed by atoms with Crippen molar-refractivity contribution in [3.05, 3.63) is 107 Å². The summed E-state index contributed by atoms with van der Waals surface area (Å²) in [6.07, 6.45) is 5.83. The molecule has 0 saturated carbocycles. The minimum absolute atomic E-state index is 0.0407. The van der Waals surface area contributed by atoms with Gasteiger partial charge in [0.05, 0.1) is 18.2 Å². The van der Waals surface area contributed by atoms with Crippen LogP contribution in [0.2, 0.25) is 0 Å². The smallest absolute Gasteiger partial charge is 0.295 e. The standard InChI is InChI=1S/C30H30N2O5/c1-4-15-36-23-10-8-22(9-11-23)27-26(28(33)25-13-12-24(17-20(25)3)37-16-5-2)29(34)30(35)32(27)19-21-7-6-14-31-18-21/h4,6-14,17-18,27,33H,1,5,15-16,19H2,2-3H3. The largest absolute Gasteiger partial charge is 0.507 e. The van der Waals surface area contributed by atoms with Crippen LogP contribution >= 0.6 is 0 Å². The van der Waals surface area contributed by atoms with Gasteiger partial charge in [0.1, 0.15) is 23.9 Å². The normalized spacial score (nSPS) is 16.6. The first-order chi connectivity index (χ1) is 17.9. The quantitative estimate of drug-likeness (QED) is 0.175. The summed E-state index contributed by atoms with van der Waals surface area (Å²) in [5, 5.41) is 11.4. The Bertz CT molecular complexity index is 1320. The molecule has 1 unspecified atom stereocenters. The van der Waals surface area contributed by atoms with Crippen molar-refractivity contribution in [2.45, 2.75) is 32.9 Å². The number of nitrogens with zero attached hydrogens (tertiary/aromatic N) is 2. The number of rotatable bonds is 10. The van der Waals surface area contributed by atoms with Gasteiger partial charge in [-0.15, -0.1) is 0 Å². The average molecular weight is 499 g/mol. The molecule has 1 aliphatic rings. The zero-order chi connectivity index (χ0) is 26.4. The van der Waals surface area contributed by atoms with E-state index in [4.69, 9.17) is 9.47 Å². The predicted octanol–water partition coefficient (Wildman–Crippen LogP) is 5.37. The maximum Gasteiger partial charge on any atom is 0.295 e. The molecule has 1 N–H and O–H groups in total. The van der Waals surface area contributed by atoms with Crippen molar-refractivity contribution in [2.75, 3.05) is 13.2 Å². The molecule has 1 amide bonds. The first kappa shape index (κ1) is 25.7. The molecule has 4 rings (SSSR count). The van der Waals surface area contributed by atoms with Crippen LogP contribution in [-0.2, 0) is 16.1 Å². The maximum absolute atomic E-state index is 13.3. The van der Waals surface area contributed by atoms with Gasteiger partial charge < -0.3 is 19.5 Å². The molecule has 37 heavy (non-hydrogen) atoms. The zero-order valence-corrected chi connectivity index (χ0v) is 21.0. The summed E-state index contributed by atoms with van der Waals surface area (Å²) in [4.78, 5) is 32.2. The summed E-state index contributed by atoms with van der Waals surface area (Å²) < 4.78 is 11.3. The Balaban J connectivity index is 1.79. The number of aromatic nitrogens is 1. The number of aliphatic hydroxyl groups excluding tert-OH is 1. The monoisotopic (exact) mass is 498 g/mol. The van der Waals surface area contributed by atoms with E-state index in [1.165, 1.54) is 4.90 Å². The highest BCUT2D eigenvalue weighted by Gasteiger charge is 2.46. The molecule has 1 atom stereocenters. The van der Waals surface area contributed by atoms with E-state index in [-0.39, 0.29) is 17.9 Å². The van der Waals surface area contributed by atoms with Crippen LogP contribution in [0, 0.1) is 6.92 Å². The number of Topliss-reactive ketones (excluding diaryl/α,β-unsaturated/α-hetero) is 1. The molecule has 7 heteroatoms. The van der Waals surface area contributed by atoms with Crippen LogP contribution in [0.3, 0.4) is 0 Å². The number of carbonyl (C=O) groups is 2. The highest BCUT2D eigenvalue weighted by Crippen LogP contribution is 2.41. The van der Waals surface area contributed by atoms with Crippen molar-refractivity contribution in [2.24, 2.45) is 0 Å². The van der Waals surface area contributed by atoms with E-state index in [0.717, 1.165) is 17.5 Å². The molecular weight excluding hydrogens is 468 g/mol. The van der Waals surface area contributed by atoms with Crippen LogP contribution in [0.5, 0.6) is 11.5 Å². The molecule has 0 spiro atoms. The third-order valence-electron chi connectivity index (χ3n) is 6.11. The minimum atomic E-state index is -0.788. The highest BCUT2D eigenvalue weighted by molar-refractivity contribution is 6.46. The fourth-order valence-corrected chi connectivity index (χ4v) is 4.34. The molecule has 190 valence electrons. The van der Waals surface area contributed by atoms with E-state index in [1.54, 1.807) is 60.9 Å². The van der Waals surface area contributed by atoms with Gasteiger partial charge in [-0.25, -0.2) is 0 Å². The van der Waals surface area contributed by atoms with Gasteiger partial charge in [-0.2, -0.15) is 0 Å². The maximum atomic E-state index is 13.3. The van der Waals surface area contributed by atoms with Crippen molar-refractivity contribution < 1.29 is 24.2 Å². The number of pyridine rings is 1. The molecule has 7 nitrogen and oxygen atoms in total. The van der Waals surface area contributed by atoms with E-state index < -0.39 is 17.7 Å². The minimum Gasteiger partial charge on any atom is -0.507 e. The summed E-state index contributed by atoms with van der Waals surface area (Å²) in [5.74, 6) is -0.318. The predicted molar refractivity (Wildman–Crippen MR) is 141 cm³/mol. The third-order valence-corrected chi connectivity index (χ3v) is 6.11. The molecule has 3 aromatic rings. The number of carbonyl (C=O) groups excluding carboxylic acids is 2. The first-order valence-corrected chi connectivity index (χ1v) is 12.2. The van der Waals surface area contributed by atoms with Gasteiger partial charge in [-0.3, -0.25) is 14.6 Å². The first-order valence-electron chi connectivity index (χ1n) is 12.2. The second kappa shape index (κ2) is 11.6. The molecule has 0 aliphatic carbocycles. The Hall–Kier alpha value is -4.39. The highest BCUT2D eigenvalue weighted by atomic mass is 16.5. The van der Waals surface area contributed by atoms with Crippen LogP contribution in [0.15, 0.2) is 85.2 Å². The van der Waals surface area contributed by atoms with E-state index in [0.29, 0.717) is 35.8 Å². The molecule has 1 aromatic heterocycles. The number of ether oxygens (including phenoxy) is 2. The molecule has 1 aliphatic heterocycles. The van der Waals surface area contributed by atoms with Gasteiger partial charge in [0.2, 0.25) is 0 Å². The fourth-order valence-electron chi connectivity index (χ4n) is 4.34. The van der Waals surface area contributed by atoms with Gasteiger partial charge in [0, 0.05) is 24.5 Å². The Morgan fingerprint density at radius 1 is 1.11 bits per heavy atom. The third kappa shape index (κ3) is 5.56. The molecule has 1 saturated heterocycles. The number of hydrogen-bond donors (Lipinski definition) is 1. The summed E-state index contributed by atoms with van der Waals surface area (Å²) in [6, 6.07) is 15.3. The number of likely N-dealkylation sites (tertiary alicyclic amines) is 1. The summed E-state index contributed by atoms with van der Waals surface area (Å²) in [5.41, 5.74) is 2.69. The van der Waals surface area contributed by atoms with Crippen LogP contribution in [0.25, 0.3) is 5.76 Å². The summed E-state index contributed by atoms with van der Waals surface area (Å²) >= 11 is 0. The number of benzene rings is 2. The Labute approximate surface area is 216 Å². The van der Waals surface area contributed by atoms with Crippen LogP contribution in [0.4, 0.5) is 0 Å². The lowest BCUT2D eigenvalue weighted by atomic mass is 9.93. The van der Waals surface area contributed by atoms with E-state index in [9.17, 15) is 14.7 Å². The Morgan fingerprint density at radius 2 is 1.86 bits per heavy atom. The van der Waals surface area contributed by atoms with Crippen LogP contribution in [0.1, 0.15) is 41.6 Å². The second-order valence-corrected chi connectivity index (χ2v) is 8.78. The van der Waals surface area contributed by atoms with Crippen molar-refractivity contribution in [1.82, 2.24) is 9.88 Å². The summed E-state index contributed by atoms with van der Waals surface area (Å²) in [6.45, 7) is 8.61. The van der Waals surface area contributed by atoms with Gasteiger partial charge in [-0.1, -0.05) is 37.8 Å². The molecule has 2 heterocycles. The van der Waals surface area contributed by atoms with E-state index in [2.05, 4.69) is 11.6 Å². The number of aliphatic hydroxyl groups is 1. The molecule has 1 fully saturated rings. The fraction of sp³-hybridized carbons (Fsp3) is 0.233. The van der Waals surface area contributed by atoms with Crippen molar-refractivity contribution in [3.8, 4) is 11.5 Å². The molecule has 0 bridgehead atoms. The SMILES string of the molecule is C=CCOc1ccc(C2C(=C(O)c3ccc(OCCC)cc3C)C(=O)C(=O)N2Cc2cccnc2)cc1. The van der Waals surface area contributed by atoms with Gasteiger partial charge >= 0.3 is 0 Å². The lowest BCUT2D eigenvalue weighted by Gasteiger charge is -2.25. The van der Waals surface area contributed by atoms with Crippen molar-refractivity contribution >= 4 is 17.4 Å². The molecule has 2 aromatic carbocycles. The van der Waals surface area contributed by atoms with Gasteiger partial charge in [0.15, 0.2) is 0 Å². The Kier molecular flexibility index (Phi) is 8.03. The lowest BCUT2D eigenvalue weighted by molar-refractivity contribution is -0.140. The second-order valence-electron chi connectivity index (χ2n) is 8.78. The van der Waals surface area contributed by atoms with E-state index in [1.807, 2.05) is 26.0 Å². The number of aryl methyl sites for hydroxylation is 1. The van der Waals surface area contributed by atoms with Gasteiger partial charge in [-0.05, 0) is 66.4 Å². The molecular formula is C30H30N2O5.